The van der Waals surface area contributed by atoms with Gasteiger partial charge in [0.1, 0.15) is 11.5 Å². The van der Waals surface area contributed by atoms with Crippen LogP contribution in [-0.2, 0) is 6.42 Å². The number of amides is 1. The molecule has 0 spiro atoms. The summed E-state index contributed by atoms with van der Waals surface area (Å²) in [7, 11) is 2.07. The lowest BCUT2D eigenvalue weighted by atomic mass is 9.98. The summed E-state index contributed by atoms with van der Waals surface area (Å²) in [5, 5.41) is 20.3. The third kappa shape index (κ3) is 3.09. The lowest BCUT2D eigenvalue weighted by Crippen LogP contribution is -2.30. The average molecular weight is 354 g/mol. The van der Waals surface area contributed by atoms with Gasteiger partial charge < -0.3 is 20.0 Å². The van der Waals surface area contributed by atoms with Gasteiger partial charge in [0.05, 0.1) is 5.56 Å². The number of phenolic OH excluding ortho intramolecular Hbond substituents is 2. The minimum atomic E-state index is -0.266. The topological polar surface area (TPSA) is 64.0 Å². The molecule has 1 amide bonds. The van der Waals surface area contributed by atoms with Gasteiger partial charge >= 0.3 is 0 Å². The molecule has 0 saturated carbocycles. The molecule has 1 heterocycles. The number of likely N-dealkylation sites (N-methyl/N-ethyl adjacent to an activating group) is 1. The smallest absolute Gasteiger partial charge is 0.262 e. The summed E-state index contributed by atoms with van der Waals surface area (Å²) < 4.78 is 0. The van der Waals surface area contributed by atoms with E-state index in [0.29, 0.717) is 12.1 Å². The number of rotatable bonds is 4. The molecule has 0 aliphatic carbocycles. The number of anilines is 2. The summed E-state index contributed by atoms with van der Waals surface area (Å²) in [4.78, 5) is 17.0. The maximum Gasteiger partial charge on any atom is 0.262 e. The first kappa shape index (κ1) is 18.1. The molecule has 5 heteroatoms. The van der Waals surface area contributed by atoms with E-state index in [1.165, 1.54) is 17.3 Å². The van der Waals surface area contributed by atoms with Crippen molar-refractivity contribution in [3.05, 3.63) is 47.0 Å². The van der Waals surface area contributed by atoms with Gasteiger partial charge in [-0.2, -0.15) is 0 Å². The molecule has 0 fully saturated rings. The predicted molar refractivity (Wildman–Crippen MR) is 105 cm³/mol. The summed E-state index contributed by atoms with van der Waals surface area (Å²) in [6.45, 7) is 7.27. The van der Waals surface area contributed by atoms with E-state index in [1.54, 1.807) is 11.0 Å². The van der Waals surface area contributed by atoms with Crippen molar-refractivity contribution in [1.82, 2.24) is 0 Å². The van der Waals surface area contributed by atoms with Crippen molar-refractivity contribution in [2.75, 3.05) is 29.9 Å². The molecule has 3 rings (SSSR count). The normalized spacial score (nSPS) is 13.2. The molecule has 0 unspecified atom stereocenters. The Hall–Kier alpha value is -2.69. The Morgan fingerprint density at radius 1 is 1.19 bits per heavy atom. The summed E-state index contributed by atoms with van der Waals surface area (Å²) in [6.07, 6.45) is 0.966. The molecule has 0 aromatic heterocycles. The number of hydrogen-bond donors (Lipinski definition) is 2. The molecule has 0 bridgehead atoms. The second-order valence-corrected chi connectivity index (χ2v) is 7.12. The number of hydrogen-bond acceptors (Lipinski definition) is 4. The molecule has 0 atom stereocenters. The fourth-order valence-electron chi connectivity index (χ4n) is 3.54. The number of carbonyl (C=O) groups excluding carboxylic acids is 1. The number of phenols is 2. The van der Waals surface area contributed by atoms with Crippen LogP contribution in [0.2, 0.25) is 0 Å². The zero-order chi connectivity index (χ0) is 19.0. The van der Waals surface area contributed by atoms with E-state index in [9.17, 15) is 15.0 Å². The van der Waals surface area contributed by atoms with E-state index in [0.717, 1.165) is 18.7 Å². The van der Waals surface area contributed by atoms with E-state index >= 15 is 0 Å². The molecule has 2 aromatic rings. The van der Waals surface area contributed by atoms with Crippen LogP contribution in [0.1, 0.15) is 48.2 Å². The van der Waals surface area contributed by atoms with Crippen molar-refractivity contribution in [3.63, 3.8) is 0 Å². The number of carbonyl (C=O) groups is 1. The van der Waals surface area contributed by atoms with Crippen molar-refractivity contribution in [3.8, 4) is 11.5 Å². The van der Waals surface area contributed by atoms with Crippen LogP contribution < -0.4 is 9.80 Å². The van der Waals surface area contributed by atoms with Gasteiger partial charge in [0.15, 0.2) is 0 Å². The Balaban J connectivity index is 1.99. The zero-order valence-corrected chi connectivity index (χ0v) is 15.8. The van der Waals surface area contributed by atoms with Crippen LogP contribution in [0.4, 0.5) is 11.4 Å². The Kier molecular flexibility index (Phi) is 4.81. The van der Waals surface area contributed by atoms with E-state index in [1.807, 2.05) is 32.9 Å². The number of benzene rings is 2. The van der Waals surface area contributed by atoms with Gasteiger partial charge in [-0.05, 0) is 54.7 Å². The Morgan fingerprint density at radius 2 is 1.92 bits per heavy atom. The molecule has 138 valence electrons. The van der Waals surface area contributed by atoms with Crippen LogP contribution in [0.5, 0.6) is 11.5 Å². The second-order valence-electron chi connectivity index (χ2n) is 7.12. The SMILES string of the molecule is CCN(C(=O)c1cc(C(C)C)c(O)cc1O)c1ccc2c(c1)CCN2C. The molecule has 1 aliphatic heterocycles. The third-order valence-electron chi connectivity index (χ3n) is 5.06. The fourth-order valence-corrected chi connectivity index (χ4v) is 3.54. The highest BCUT2D eigenvalue weighted by Crippen LogP contribution is 2.35. The molecule has 5 nitrogen and oxygen atoms in total. The van der Waals surface area contributed by atoms with Gasteiger partial charge in [0, 0.05) is 37.6 Å². The van der Waals surface area contributed by atoms with Crippen LogP contribution in [0.3, 0.4) is 0 Å². The van der Waals surface area contributed by atoms with Gasteiger partial charge in [-0.25, -0.2) is 0 Å². The highest BCUT2D eigenvalue weighted by molar-refractivity contribution is 6.08. The van der Waals surface area contributed by atoms with Crippen molar-refractivity contribution in [2.24, 2.45) is 0 Å². The standard InChI is InChI=1S/C21H26N2O3/c1-5-23(15-6-7-18-14(10-15)8-9-22(18)4)21(26)17-11-16(13(2)3)19(24)12-20(17)25/h6-7,10-13,24-25H,5,8-9H2,1-4H3. The van der Waals surface area contributed by atoms with Crippen LogP contribution in [0.15, 0.2) is 30.3 Å². The summed E-state index contributed by atoms with van der Waals surface area (Å²) in [5.41, 5.74) is 4.12. The molecule has 0 radical (unpaired) electrons. The summed E-state index contributed by atoms with van der Waals surface area (Å²) >= 11 is 0. The van der Waals surface area contributed by atoms with Gasteiger partial charge in [-0.1, -0.05) is 13.8 Å². The van der Waals surface area contributed by atoms with Gasteiger partial charge in [-0.3, -0.25) is 4.79 Å². The average Bonchev–Trinajstić information content (AvgIpc) is 2.96. The Morgan fingerprint density at radius 3 is 2.58 bits per heavy atom. The summed E-state index contributed by atoms with van der Waals surface area (Å²) in [5.74, 6) is -0.403. The maximum atomic E-state index is 13.1. The van der Waals surface area contributed by atoms with Gasteiger partial charge in [-0.15, -0.1) is 0 Å². The molecular formula is C21H26N2O3. The van der Waals surface area contributed by atoms with Gasteiger partial charge in [0.25, 0.3) is 5.91 Å². The zero-order valence-electron chi connectivity index (χ0n) is 15.8. The van der Waals surface area contributed by atoms with Crippen molar-refractivity contribution >= 4 is 17.3 Å². The molecule has 1 aliphatic rings. The number of nitrogens with zero attached hydrogens (tertiary/aromatic N) is 2. The first-order valence-electron chi connectivity index (χ1n) is 9.05. The lowest BCUT2D eigenvalue weighted by Gasteiger charge is -2.23. The van der Waals surface area contributed by atoms with E-state index in [4.69, 9.17) is 0 Å². The van der Waals surface area contributed by atoms with Crippen LogP contribution in [0, 0.1) is 0 Å². The Labute approximate surface area is 154 Å². The van der Waals surface area contributed by atoms with Crippen molar-refractivity contribution < 1.29 is 15.0 Å². The molecular weight excluding hydrogens is 328 g/mol. The van der Waals surface area contributed by atoms with E-state index in [2.05, 4.69) is 18.0 Å². The number of aromatic hydroxyl groups is 2. The second kappa shape index (κ2) is 6.90. The highest BCUT2D eigenvalue weighted by atomic mass is 16.3. The highest BCUT2D eigenvalue weighted by Gasteiger charge is 2.24. The monoisotopic (exact) mass is 354 g/mol. The van der Waals surface area contributed by atoms with Crippen molar-refractivity contribution in [2.45, 2.75) is 33.1 Å². The molecule has 2 N–H and O–H groups in total. The largest absolute Gasteiger partial charge is 0.508 e. The minimum Gasteiger partial charge on any atom is -0.508 e. The van der Waals surface area contributed by atoms with Crippen LogP contribution in [0.25, 0.3) is 0 Å². The molecule has 2 aromatic carbocycles. The first-order chi connectivity index (χ1) is 12.3. The fraction of sp³-hybridized carbons (Fsp3) is 0.381. The molecule has 26 heavy (non-hydrogen) atoms. The summed E-state index contributed by atoms with van der Waals surface area (Å²) in [6, 6.07) is 8.91. The lowest BCUT2D eigenvalue weighted by molar-refractivity contribution is 0.0985. The predicted octanol–water partition coefficient (Wildman–Crippen LogP) is 3.88. The minimum absolute atomic E-state index is 0.0117. The van der Waals surface area contributed by atoms with Crippen molar-refractivity contribution in [1.29, 1.82) is 0 Å². The van der Waals surface area contributed by atoms with Gasteiger partial charge in [0.2, 0.25) is 0 Å². The maximum absolute atomic E-state index is 13.1. The quantitative estimate of drug-likeness (QED) is 0.875. The first-order valence-corrected chi connectivity index (χ1v) is 9.05. The molecule has 0 saturated heterocycles. The van der Waals surface area contributed by atoms with Crippen LogP contribution in [-0.4, -0.2) is 36.3 Å². The van der Waals surface area contributed by atoms with E-state index in [-0.39, 0.29) is 28.9 Å². The van der Waals surface area contributed by atoms with Crippen LogP contribution >= 0.6 is 0 Å². The van der Waals surface area contributed by atoms with E-state index < -0.39 is 0 Å². The Bertz CT molecular complexity index is 845. The third-order valence-corrected chi connectivity index (χ3v) is 5.06. The number of fused-ring (bicyclic) bond motifs is 1.